The first-order valence-corrected chi connectivity index (χ1v) is 7.10. The maximum absolute atomic E-state index is 5.41. The SMILES string of the molecule is COc1ccc(C)cc1NCc1cn(C)c2ccccc12. The molecule has 0 aliphatic heterocycles. The predicted molar refractivity (Wildman–Crippen MR) is 88.0 cm³/mol. The van der Waals surface area contributed by atoms with Crippen LogP contribution in [0.15, 0.2) is 48.7 Å². The van der Waals surface area contributed by atoms with Crippen molar-refractivity contribution >= 4 is 16.6 Å². The van der Waals surface area contributed by atoms with Gasteiger partial charge in [-0.15, -0.1) is 0 Å². The fourth-order valence-electron chi connectivity index (χ4n) is 2.72. The zero-order valence-electron chi connectivity index (χ0n) is 12.7. The maximum Gasteiger partial charge on any atom is 0.141 e. The lowest BCUT2D eigenvalue weighted by Crippen LogP contribution is -2.01. The summed E-state index contributed by atoms with van der Waals surface area (Å²) in [6, 6.07) is 14.6. The summed E-state index contributed by atoms with van der Waals surface area (Å²) in [5, 5.41) is 4.78. The summed E-state index contributed by atoms with van der Waals surface area (Å²) in [5.74, 6) is 0.876. The molecular formula is C18H20N2O. The van der Waals surface area contributed by atoms with E-state index in [0.717, 1.165) is 18.0 Å². The van der Waals surface area contributed by atoms with E-state index < -0.39 is 0 Å². The third-order valence-electron chi connectivity index (χ3n) is 3.80. The van der Waals surface area contributed by atoms with Crippen LogP contribution in [-0.4, -0.2) is 11.7 Å². The van der Waals surface area contributed by atoms with Gasteiger partial charge in [0.1, 0.15) is 5.75 Å². The van der Waals surface area contributed by atoms with Gasteiger partial charge in [-0.25, -0.2) is 0 Å². The molecule has 0 fully saturated rings. The summed E-state index contributed by atoms with van der Waals surface area (Å²) in [7, 11) is 3.78. The minimum atomic E-state index is 0.779. The number of fused-ring (bicyclic) bond motifs is 1. The lowest BCUT2D eigenvalue weighted by atomic mass is 10.1. The quantitative estimate of drug-likeness (QED) is 0.778. The molecule has 0 bridgehead atoms. The molecule has 108 valence electrons. The average molecular weight is 280 g/mol. The van der Waals surface area contributed by atoms with Crippen LogP contribution in [0.3, 0.4) is 0 Å². The molecule has 3 rings (SSSR count). The van der Waals surface area contributed by atoms with E-state index in [0.29, 0.717) is 0 Å². The molecule has 3 heteroatoms. The summed E-state index contributed by atoms with van der Waals surface area (Å²) in [5.41, 5.74) is 4.80. The number of methoxy groups -OCH3 is 1. The Labute approximate surface area is 125 Å². The van der Waals surface area contributed by atoms with Crippen molar-refractivity contribution in [3.05, 3.63) is 59.8 Å². The average Bonchev–Trinajstić information content (AvgIpc) is 2.82. The monoisotopic (exact) mass is 280 g/mol. The first-order valence-electron chi connectivity index (χ1n) is 7.10. The van der Waals surface area contributed by atoms with Gasteiger partial charge in [-0.3, -0.25) is 0 Å². The highest BCUT2D eigenvalue weighted by Crippen LogP contribution is 2.27. The van der Waals surface area contributed by atoms with Crippen molar-refractivity contribution in [1.29, 1.82) is 0 Å². The van der Waals surface area contributed by atoms with E-state index in [1.165, 1.54) is 22.0 Å². The lowest BCUT2D eigenvalue weighted by Gasteiger charge is -2.11. The Bertz CT molecular complexity index is 774. The Balaban J connectivity index is 1.89. The molecule has 0 radical (unpaired) electrons. The topological polar surface area (TPSA) is 26.2 Å². The van der Waals surface area contributed by atoms with Gasteiger partial charge in [0.15, 0.2) is 0 Å². The molecule has 0 aliphatic carbocycles. The van der Waals surface area contributed by atoms with Crippen LogP contribution in [0.4, 0.5) is 5.69 Å². The van der Waals surface area contributed by atoms with E-state index in [4.69, 9.17) is 4.74 Å². The van der Waals surface area contributed by atoms with Gasteiger partial charge in [0.25, 0.3) is 0 Å². The van der Waals surface area contributed by atoms with E-state index >= 15 is 0 Å². The number of benzene rings is 2. The van der Waals surface area contributed by atoms with Crippen LogP contribution in [0.25, 0.3) is 10.9 Å². The Kier molecular flexibility index (Phi) is 3.57. The molecule has 21 heavy (non-hydrogen) atoms. The first kappa shape index (κ1) is 13.6. The molecule has 3 aromatic rings. The first-order chi connectivity index (χ1) is 10.2. The minimum Gasteiger partial charge on any atom is -0.495 e. The van der Waals surface area contributed by atoms with Crippen molar-refractivity contribution in [2.24, 2.45) is 7.05 Å². The van der Waals surface area contributed by atoms with Crippen molar-refractivity contribution in [2.45, 2.75) is 13.5 Å². The Hall–Kier alpha value is -2.42. The lowest BCUT2D eigenvalue weighted by molar-refractivity contribution is 0.416. The van der Waals surface area contributed by atoms with Gasteiger partial charge >= 0.3 is 0 Å². The summed E-state index contributed by atoms with van der Waals surface area (Å²) < 4.78 is 7.58. The number of nitrogens with one attached hydrogen (secondary N) is 1. The van der Waals surface area contributed by atoms with Gasteiger partial charge < -0.3 is 14.6 Å². The molecule has 3 nitrogen and oxygen atoms in total. The van der Waals surface area contributed by atoms with Gasteiger partial charge in [-0.1, -0.05) is 24.3 Å². The van der Waals surface area contributed by atoms with Gasteiger partial charge in [-0.05, 0) is 36.2 Å². The third kappa shape index (κ3) is 2.59. The zero-order chi connectivity index (χ0) is 14.8. The number of hydrogen-bond donors (Lipinski definition) is 1. The highest BCUT2D eigenvalue weighted by Gasteiger charge is 2.07. The summed E-state index contributed by atoms with van der Waals surface area (Å²) in [6.45, 7) is 2.86. The highest BCUT2D eigenvalue weighted by molar-refractivity contribution is 5.84. The molecule has 1 N–H and O–H groups in total. The molecule has 0 spiro atoms. The summed E-state index contributed by atoms with van der Waals surface area (Å²) >= 11 is 0. The molecule has 2 aromatic carbocycles. The van der Waals surface area contributed by atoms with Crippen LogP contribution in [0.1, 0.15) is 11.1 Å². The molecule has 0 aliphatic rings. The predicted octanol–water partition coefficient (Wildman–Crippen LogP) is 4.11. The smallest absolute Gasteiger partial charge is 0.141 e. The number of anilines is 1. The van der Waals surface area contributed by atoms with Crippen LogP contribution in [0, 0.1) is 6.92 Å². The van der Waals surface area contributed by atoms with Crippen LogP contribution in [-0.2, 0) is 13.6 Å². The number of hydrogen-bond acceptors (Lipinski definition) is 2. The van der Waals surface area contributed by atoms with E-state index in [2.05, 4.69) is 66.5 Å². The maximum atomic E-state index is 5.41. The van der Waals surface area contributed by atoms with E-state index in [9.17, 15) is 0 Å². The van der Waals surface area contributed by atoms with Gasteiger partial charge in [0, 0.05) is 30.7 Å². The number of rotatable bonds is 4. The number of nitrogens with zero attached hydrogens (tertiary/aromatic N) is 1. The molecule has 0 unspecified atom stereocenters. The normalized spacial score (nSPS) is 10.8. The fraction of sp³-hybridized carbons (Fsp3) is 0.222. The van der Waals surface area contributed by atoms with Crippen LogP contribution < -0.4 is 10.1 Å². The molecule has 1 aromatic heterocycles. The Morgan fingerprint density at radius 3 is 2.76 bits per heavy atom. The highest BCUT2D eigenvalue weighted by atomic mass is 16.5. The molecule has 0 saturated heterocycles. The standard InChI is InChI=1S/C18H20N2O/c1-13-8-9-18(21-3)16(10-13)19-11-14-12-20(2)17-7-5-4-6-15(14)17/h4-10,12,19H,11H2,1-3H3. The van der Waals surface area contributed by atoms with Gasteiger partial charge in [-0.2, -0.15) is 0 Å². The van der Waals surface area contributed by atoms with Crippen LogP contribution in [0.2, 0.25) is 0 Å². The Morgan fingerprint density at radius 2 is 1.95 bits per heavy atom. The molecule has 0 saturated carbocycles. The second-order valence-corrected chi connectivity index (χ2v) is 5.34. The number of para-hydroxylation sites is 1. The van der Waals surface area contributed by atoms with Crippen molar-refractivity contribution in [3.63, 3.8) is 0 Å². The molecule has 1 heterocycles. The zero-order valence-corrected chi connectivity index (χ0v) is 12.7. The number of aryl methyl sites for hydroxylation is 2. The van der Waals surface area contributed by atoms with Crippen molar-refractivity contribution in [3.8, 4) is 5.75 Å². The summed E-state index contributed by atoms with van der Waals surface area (Å²) in [6.07, 6.45) is 2.18. The van der Waals surface area contributed by atoms with Crippen LogP contribution >= 0.6 is 0 Å². The van der Waals surface area contributed by atoms with E-state index in [-0.39, 0.29) is 0 Å². The number of aromatic nitrogens is 1. The van der Waals surface area contributed by atoms with Gasteiger partial charge in [0.05, 0.1) is 12.8 Å². The van der Waals surface area contributed by atoms with E-state index in [1.54, 1.807) is 7.11 Å². The van der Waals surface area contributed by atoms with Crippen molar-refractivity contribution in [1.82, 2.24) is 4.57 Å². The summed E-state index contributed by atoms with van der Waals surface area (Å²) in [4.78, 5) is 0. The molecule has 0 amide bonds. The fourth-order valence-corrected chi connectivity index (χ4v) is 2.72. The molecular weight excluding hydrogens is 260 g/mol. The van der Waals surface area contributed by atoms with E-state index in [1.807, 2.05) is 6.07 Å². The van der Waals surface area contributed by atoms with Crippen LogP contribution in [0.5, 0.6) is 5.75 Å². The Morgan fingerprint density at radius 1 is 1.14 bits per heavy atom. The number of ether oxygens (including phenoxy) is 1. The van der Waals surface area contributed by atoms with Crippen molar-refractivity contribution in [2.75, 3.05) is 12.4 Å². The molecule has 0 atom stereocenters. The second kappa shape index (κ2) is 5.52. The third-order valence-corrected chi connectivity index (χ3v) is 3.80. The van der Waals surface area contributed by atoms with Gasteiger partial charge in [0.2, 0.25) is 0 Å². The van der Waals surface area contributed by atoms with Crippen molar-refractivity contribution < 1.29 is 4.74 Å². The largest absolute Gasteiger partial charge is 0.495 e. The second-order valence-electron chi connectivity index (χ2n) is 5.34. The minimum absolute atomic E-state index is 0.779.